The second-order valence-electron chi connectivity index (χ2n) is 5.84. The number of anilines is 1. The van der Waals surface area contributed by atoms with E-state index in [1.165, 1.54) is 11.8 Å². The summed E-state index contributed by atoms with van der Waals surface area (Å²) in [5.41, 5.74) is 1.87. The Labute approximate surface area is 151 Å². The predicted molar refractivity (Wildman–Crippen MR) is 101 cm³/mol. The SMILES string of the molecule is C=CCN(Cc1ccccc1)C(=O)CC1Sc2ccccc2NC1=O. The van der Waals surface area contributed by atoms with E-state index >= 15 is 0 Å². The van der Waals surface area contributed by atoms with Crippen LogP contribution in [0.15, 0.2) is 72.1 Å². The second-order valence-corrected chi connectivity index (χ2v) is 7.09. The van der Waals surface area contributed by atoms with Crippen molar-refractivity contribution in [3.05, 3.63) is 72.8 Å². The third kappa shape index (κ3) is 4.31. The third-order valence-electron chi connectivity index (χ3n) is 3.99. The van der Waals surface area contributed by atoms with Crippen LogP contribution in [0.4, 0.5) is 5.69 Å². The summed E-state index contributed by atoms with van der Waals surface area (Å²) in [5.74, 6) is -0.161. The van der Waals surface area contributed by atoms with E-state index < -0.39 is 5.25 Å². The van der Waals surface area contributed by atoms with Crippen molar-refractivity contribution in [2.24, 2.45) is 0 Å². The summed E-state index contributed by atoms with van der Waals surface area (Å²) < 4.78 is 0. The molecule has 3 rings (SSSR count). The first-order valence-electron chi connectivity index (χ1n) is 8.16. The standard InChI is InChI=1S/C20H20N2O2S/c1-2-12-22(14-15-8-4-3-5-9-15)19(23)13-18-20(24)21-16-10-6-7-11-17(16)25-18/h2-11,18H,1,12-14H2,(H,21,24). The fraction of sp³-hybridized carbons (Fsp3) is 0.200. The van der Waals surface area contributed by atoms with Gasteiger partial charge in [0.2, 0.25) is 11.8 Å². The van der Waals surface area contributed by atoms with Crippen LogP contribution in [0.1, 0.15) is 12.0 Å². The minimum Gasteiger partial charge on any atom is -0.335 e. The highest BCUT2D eigenvalue weighted by atomic mass is 32.2. The van der Waals surface area contributed by atoms with E-state index in [9.17, 15) is 9.59 Å². The molecular formula is C20H20N2O2S. The van der Waals surface area contributed by atoms with E-state index in [4.69, 9.17) is 0 Å². The van der Waals surface area contributed by atoms with Crippen molar-refractivity contribution < 1.29 is 9.59 Å². The van der Waals surface area contributed by atoms with E-state index in [0.29, 0.717) is 13.1 Å². The Morgan fingerprint density at radius 1 is 1.16 bits per heavy atom. The van der Waals surface area contributed by atoms with Crippen molar-refractivity contribution in [2.45, 2.75) is 23.1 Å². The average Bonchev–Trinajstić information content (AvgIpc) is 2.63. The molecule has 0 fully saturated rings. The van der Waals surface area contributed by atoms with Gasteiger partial charge in [-0.1, -0.05) is 48.5 Å². The third-order valence-corrected chi connectivity index (χ3v) is 5.26. The van der Waals surface area contributed by atoms with Crippen molar-refractivity contribution in [3.63, 3.8) is 0 Å². The van der Waals surface area contributed by atoms with Gasteiger partial charge in [-0.3, -0.25) is 9.59 Å². The molecule has 1 aliphatic heterocycles. The Kier molecular flexibility index (Phi) is 5.56. The molecule has 1 N–H and O–H groups in total. The quantitative estimate of drug-likeness (QED) is 0.807. The maximum atomic E-state index is 12.7. The summed E-state index contributed by atoms with van der Waals surface area (Å²) >= 11 is 1.45. The number of carbonyl (C=O) groups is 2. The van der Waals surface area contributed by atoms with Crippen molar-refractivity contribution in [3.8, 4) is 0 Å². The monoisotopic (exact) mass is 352 g/mol. The molecular weight excluding hydrogens is 332 g/mol. The highest BCUT2D eigenvalue weighted by Gasteiger charge is 2.30. The zero-order valence-electron chi connectivity index (χ0n) is 13.9. The molecule has 0 aromatic heterocycles. The van der Waals surface area contributed by atoms with Gasteiger partial charge in [0.05, 0.1) is 10.9 Å². The van der Waals surface area contributed by atoms with Crippen LogP contribution in [-0.4, -0.2) is 28.5 Å². The second kappa shape index (κ2) is 8.03. The number of rotatable bonds is 6. The molecule has 1 unspecified atom stereocenters. The van der Waals surface area contributed by atoms with Gasteiger partial charge in [-0.2, -0.15) is 0 Å². The van der Waals surface area contributed by atoms with Gasteiger partial charge in [-0.25, -0.2) is 0 Å². The summed E-state index contributed by atoms with van der Waals surface area (Å²) in [7, 11) is 0. The smallest absolute Gasteiger partial charge is 0.238 e. The number of para-hydroxylation sites is 1. The topological polar surface area (TPSA) is 49.4 Å². The lowest BCUT2D eigenvalue weighted by Crippen LogP contribution is -2.37. The normalized spacial score (nSPS) is 15.8. The van der Waals surface area contributed by atoms with Gasteiger partial charge in [-0.15, -0.1) is 18.3 Å². The zero-order valence-corrected chi connectivity index (χ0v) is 14.7. The molecule has 1 heterocycles. The fourth-order valence-corrected chi connectivity index (χ4v) is 3.83. The number of hydrogen-bond donors (Lipinski definition) is 1. The molecule has 0 aliphatic carbocycles. The Balaban J connectivity index is 1.69. The van der Waals surface area contributed by atoms with E-state index in [2.05, 4.69) is 11.9 Å². The first kappa shape index (κ1) is 17.3. The van der Waals surface area contributed by atoms with Crippen molar-refractivity contribution in [1.29, 1.82) is 0 Å². The molecule has 4 nitrogen and oxygen atoms in total. The lowest BCUT2D eigenvalue weighted by Gasteiger charge is -2.27. The summed E-state index contributed by atoms with van der Waals surface area (Å²) in [4.78, 5) is 27.8. The zero-order chi connectivity index (χ0) is 17.6. The molecule has 128 valence electrons. The largest absolute Gasteiger partial charge is 0.335 e. The number of thioether (sulfide) groups is 1. The Morgan fingerprint density at radius 3 is 2.64 bits per heavy atom. The van der Waals surface area contributed by atoms with Crippen LogP contribution in [0, 0.1) is 0 Å². The van der Waals surface area contributed by atoms with E-state index in [1.54, 1.807) is 11.0 Å². The van der Waals surface area contributed by atoms with Crippen molar-refractivity contribution in [1.82, 2.24) is 4.90 Å². The summed E-state index contributed by atoms with van der Waals surface area (Å²) in [5, 5.41) is 2.47. The van der Waals surface area contributed by atoms with Gasteiger partial charge in [0.25, 0.3) is 0 Å². The van der Waals surface area contributed by atoms with Crippen LogP contribution in [0.25, 0.3) is 0 Å². The molecule has 1 atom stereocenters. The molecule has 2 aromatic rings. The van der Waals surface area contributed by atoms with Crippen LogP contribution in [0.3, 0.4) is 0 Å². The average molecular weight is 352 g/mol. The minimum atomic E-state index is -0.412. The van der Waals surface area contributed by atoms with E-state index in [-0.39, 0.29) is 18.2 Å². The molecule has 1 aliphatic rings. The molecule has 2 aromatic carbocycles. The number of nitrogens with one attached hydrogen (secondary N) is 1. The predicted octanol–water partition coefficient (Wildman–Crippen LogP) is 3.70. The Hall–Kier alpha value is -2.53. The molecule has 2 amide bonds. The van der Waals surface area contributed by atoms with Gasteiger partial charge in [0.1, 0.15) is 0 Å². The summed E-state index contributed by atoms with van der Waals surface area (Å²) in [6.07, 6.45) is 1.88. The van der Waals surface area contributed by atoms with Gasteiger partial charge in [0, 0.05) is 24.4 Å². The molecule has 0 radical (unpaired) electrons. The van der Waals surface area contributed by atoms with Gasteiger partial charge < -0.3 is 10.2 Å². The molecule has 0 saturated carbocycles. The number of carbonyl (C=O) groups excluding carboxylic acids is 2. The van der Waals surface area contributed by atoms with Crippen LogP contribution >= 0.6 is 11.8 Å². The lowest BCUT2D eigenvalue weighted by atomic mass is 10.2. The van der Waals surface area contributed by atoms with Crippen LogP contribution in [0.2, 0.25) is 0 Å². The first-order chi connectivity index (χ1) is 12.2. The number of amides is 2. The maximum Gasteiger partial charge on any atom is 0.238 e. The van der Waals surface area contributed by atoms with E-state index in [0.717, 1.165) is 16.1 Å². The number of fused-ring (bicyclic) bond motifs is 1. The minimum absolute atomic E-state index is 0.0456. The van der Waals surface area contributed by atoms with Crippen molar-refractivity contribution >= 4 is 29.3 Å². The highest BCUT2D eigenvalue weighted by molar-refractivity contribution is 8.01. The lowest BCUT2D eigenvalue weighted by molar-refractivity contribution is -0.132. The molecule has 0 bridgehead atoms. The summed E-state index contributed by atoms with van der Waals surface area (Å²) in [6.45, 7) is 4.71. The first-order valence-corrected chi connectivity index (χ1v) is 9.04. The number of benzene rings is 2. The van der Waals surface area contributed by atoms with Crippen molar-refractivity contribution in [2.75, 3.05) is 11.9 Å². The number of hydrogen-bond acceptors (Lipinski definition) is 3. The number of nitrogens with zero attached hydrogens (tertiary/aromatic N) is 1. The van der Waals surface area contributed by atoms with E-state index in [1.807, 2.05) is 54.6 Å². The molecule has 5 heteroatoms. The molecule has 25 heavy (non-hydrogen) atoms. The van der Waals surface area contributed by atoms with Gasteiger partial charge in [0.15, 0.2) is 0 Å². The molecule has 0 saturated heterocycles. The van der Waals surface area contributed by atoms with Gasteiger partial charge in [-0.05, 0) is 17.7 Å². The van der Waals surface area contributed by atoms with Gasteiger partial charge >= 0.3 is 0 Å². The fourth-order valence-electron chi connectivity index (χ4n) is 2.73. The maximum absolute atomic E-state index is 12.7. The van der Waals surface area contributed by atoms with Crippen LogP contribution in [0.5, 0.6) is 0 Å². The highest BCUT2D eigenvalue weighted by Crippen LogP contribution is 2.36. The Morgan fingerprint density at radius 2 is 1.88 bits per heavy atom. The summed E-state index contributed by atoms with van der Waals surface area (Å²) in [6, 6.07) is 17.5. The molecule has 0 spiro atoms. The van der Waals surface area contributed by atoms with Crippen LogP contribution < -0.4 is 5.32 Å². The van der Waals surface area contributed by atoms with Crippen LogP contribution in [-0.2, 0) is 16.1 Å². The Bertz CT molecular complexity index is 776.